The van der Waals surface area contributed by atoms with Gasteiger partial charge in [0.25, 0.3) is 0 Å². The van der Waals surface area contributed by atoms with Gasteiger partial charge in [-0.2, -0.15) is 0 Å². The molecule has 0 spiro atoms. The van der Waals surface area contributed by atoms with Crippen LogP contribution in [0, 0.1) is 6.92 Å². The summed E-state index contributed by atoms with van der Waals surface area (Å²) in [5.74, 6) is -0.441. The van der Waals surface area contributed by atoms with Crippen LogP contribution < -0.4 is 10.1 Å². The highest BCUT2D eigenvalue weighted by atomic mass is 79.9. The molecule has 0 radical (unpaired) electrons. The average Bonchev–Trinajstić information content (AvgIpc) is 3.14. The Hall–Kier alpha value is -3.64. The van der Waals surface area contributed by atoms with Gasteiger partial charge in [0.1, 0.15) is 12.4 Å². The number of fused-ring (bicyclic) bond motifs is 2. The summed E-state index contributed by atoms with van der Waals surface area (Å²) >= 11 is 3.63. The van der Waals surface area contributed by atoms with Crippen LogP contribution >= 0.6 is 15.9 Å². The normalized spacial score (nSPS) is 16.6. The summed E-state index contributed by atoms with van der Waals surface area (Å²) in [5.41, 5.74) is 6.94. The topological polar surface area (TPSA) is 64.6 Å². The lowest BCUT2D eigenvalue weighted by Gasteiger charge is -2.29. The molecule has 0 aromatic heterocycles. The standard InChI is InChI=1S/C29H24BrNO4/c1-16-8-10-18(11-9-16)15-35-23-13-12-19(14-22(23)30)25-24(29(33)34-3)17(2)31-27-20-6-4-5-7-21(20)28(32)26(25)27/h4-14,25,31H,15H2,1-3H3/t25-/m1/s1. The molecule has 0 saturated heterocycles. The molecule has 0 bridgehead atoms. The van der Waals surface area contributed by atoms with Crippen molar-refractivity contribution in [2.45, 2.75) is 26.4 Å². The lowest BCUT2D eigenvalue weighted by molar-refractivity contribution is -0.136. The molecular weight excluding hydrogens is 506 g/mol. The van der Waals surface area contributed by atoms with E-state index in [1.165, 1.54) is 12.7 Å². The molecule has 2 aliphatic rings. The fourth-order valence-electron chi connectivity index (χ4n) is 4.70. The number of methoxy groups -OCH3 is 1. The van der Waals surface area contributed by atoms with Gasteiger partial charge in [0.05, 0.1) is 22.9 Å². The van der Waals surface area contributed by atoms with Gasteiger partial charge in [0.2, 0.25) is 0 Å². The van der Waals surface area contributed by atoms with E-state index in [1.54, 1.807) is 0 Å². The molecule has 0 saturated carbocycles. The zero-order chi connectivity index (χ0) is 24.7. The van der Waals surface area contributed by atoms with Crippen molar-refractivity contribution in [3.05, 3.63) is 116 Å². The Morgan fingerprint density at radius 1 is 1.00 bits per heavy atom. The molecule has 0 unspecified atom stereocenters. The molecule has 0 fully saturated rings. The van der Waals surface area contributed by atoms with Crippen LogP contribution in [0.2, 0.25) is 0 Å². The van der Waals surface area contributed by atoms with E-state index in [1.807, 2.05) is 68.4 Å². The van der Waals surface area contributed by atoms with E-state index < -0.39 is 11.9 Å². The fraction of sp³-hybridized carbons (Fsp3) is 0.172. The van der Waals surface area contributed by atoms with E-state index >= 15 is 0 Å². The number of esters is 1. The highest BCUT2D eigenvalue weighted by Gasteiger charge is 2.42. The lowest BCUT2D eigenvalue weighted by atomic mass is 9.80. The van der Waals surface area contributed by atoms with E-state index in [0.29, 0.717) is 34.8 Å². The third-order valence-corrected chi connectivity index (χ3v) is 7.08. The molecule has 1 heterocycles. The van der Waals surface area contributed by atoms with Gasteiger partial charge in [-0.25, -0.2) is 4.79 Å². The number of nitrogens with one attached hydrogen (secondary N) is 1. The summed E-state index contributed by atoms with van der Waals surface area (Å²) in [6.45, 7) is 4.32. The van der Waals surface area contributed by atoms with E-state index in [4.69, 9.17) is 9.47 Å². The number of Topliss-reactive ketones (excluding diaryl/α,β-unsaturated/α-hetero) is 1. The monoisotopic (exact) mass is 529 g/mol. The Bertz CT molecular complexity index is 1420. The van der Waals surface area contributed by atoms with Gasteiger partial charge in [-0.3, -0.25) is 4.79 Å². The van der Waals surface area contributed by atoms with Gasteiger partial charge in [0, 0.05) is 28.3 Å². The number of dihydropyridines is 1. The summed E-state index contributed by atoms with van der Waals surface area (Å²) in [5, 5.41) is 3.30. The van der Waals surface area contributed by atoms with E-state index in [2.05, 4.69) is 33.4 Å². The van der Waals surface area contributed by atoms with Crippen LogP contribution in [0.15, 0.2) is 88.0 Å². The number of rotatable bonds is 5. The van der Waals surface area contributed by atoms with E-state index in [-0.39, 0.29) is 5.78 Å². The van der Waals surface area contributed by atoms with Gasteiger partial charge in [-0.15, -0.1) is 0 Å². The van der Waals surface area contributed by atoms with Crippen molar-refractivity contribution in [3.63, 3.8) is 0 Å². The molecule has 5 rings (SSSR count). The zero-order valence-corrected chi connectivity index (χ0v) is 21.2. The minimum absolute atomic E-state index is 0.0853. The molecule has 1 N–H and O–H groups in total. The molecular formula is C29H24BrNO4. The number of hydrogen-bond donors (Lipinski definition) is 1. The van der Waals surface area contributed by atoms with Crippen molar-refractivity contribution in [2.24, 2.45) is 0 Å². The number of benzene rings is 3. The summed E-state index contributed by atoms with van der Waals surface area (Å²) < 4.78 is 11.9. The molecule has 5 nitrogen and oxygen atoms in total. The first-order valence-electron chi connectivity index (χ1n) is 11.3. The van der Waals surface area contributed by atoms with Gasteiger partial charge in [-0.1, -0.05) is 60.2 Å². The first-order valence-corrected chi connectivity index (χ1v) is 12.1. The number of hydrogen-bond acceptors (Lipinski definition) is 5. The molecule has 1 atom stereocenters. The SMILES string of the molecule is COC(=O)C1=C(C)NC2=C(C(=O)c3ccccc32)[C@@H]1c1ccc(OCc2ccc(C)cc2)c(Br)c1. The molecule has 6 heteroatoms. The maximum absolute atomic E-state index is 13.5. The molecule has 176 valence electrons. The second-order valence-corrected chi connectivity index (χ2v) is 9.57. The van der Waals surface area contributed by atoms with Crippen molar-refractivity contribution in [3.8, 4) is 5.75 Å². The first kappa shape index (κ1) is 23.1. The highest BCUT2D eigenvalue weighted by molar-refractivity contribution is 9.10. The minimum atomic E-state index is -0.568. The van der Waals surface area contributed by atoms with Crippen LogP contribution in [0.1, 0.15) is 45.5 Å². The lowest BCUT2D eigenvalue weighted by Crippen LogP contribution is -2.29. The van der Waals surface area contributed by atoms with Crippen LogP contribution in [0.5, 0.6) is 5.75 Å². The van der Waals surface area contributed by atoms with Crippen molar-refractivity contribution in [1.82, 2.24) is 5.32 Å². The molecule has 0 amide bonds. The van der Waals surface area contributed by atoms with E-state index in [0.717, 1.165) is 26.9 Å². The van der Waals surface area contributed by atoms with Crippen molar-refractivity contribution < 1.29 is 19.1 Å². The highest BCUT2D eigenvalue weighted by Crippen LogP contribution is 2.47. The zero-order valence-electron chi connectivity index (χ0n) is 19.6. The summed E-state index contributed by atoms with van der Waals surface area (Å²) in [6, 6.07) is 21.4. The smallest absolute Gasteiger partial charge is 0.336 e. The number of halogens is 1. The van der Waals surface area contributed by atoms with Crippen LogP contribution in [-0.4, -0.2) is 18.9 Å². The van der Waals surface area contributed by atoms with Crippen molar-refractivity contribution in [2.75, 3.05) is 7.11 Å². The van der Waals surface area contributed by atoms with Crippen LogP contribution in [-0.2, 0) is 16.1 Å². The molecule has 3 aromatic carbocycles. The van der Waals surface area contributed by atoms with Gasteiger partial charge in [0.15, 0.2) is 5.78 Å². The number of ether oxygens (including phenoxy) is 2. The Morgan fingerprint density at radius 3 is 2.40 bits per heavy atom. The quantitative estimate of drug-likeness (QED) is 0.406. The van der Waals surface area contributed by atoms with Crippen LogP contribution in [0.25, 0.3) is 5.70 Å². The first-order chi connectivity index (χ1) is 16.9. The Balaban J connectivity index is 1.53. The maximum atomic E-state index is 13.5. The largest absolute Gasteiger partial charge is 0.488 e. The number of allylic oxidation sites excluding steroid dienone is 2. The van der Waals surface area contributed by atoms with Crippen molar-refractivity contribution in [1.29, 1.82) is 0 Å². The minimum Gasteiger partial charge on any atom is -0.488 e. The molecule has 1 aliphatic heterocycles. The fourth-order valence-corrected chi connectivity index (χ4v) is 5.21. The second-order valence-electron chi connectivity index (χ2n) is 8.72. The number of aryl methyl sites for hydroxylation is 1. The van der Waals surface area contributed by atoms with Crippen LogP contribution in [0.4, 0.5) is 0 Å². The summed E-state index contributed by atoms with van der Waals surface area (Å²) in [6.07, 6.45) is 0. The summed E-state index contributed by atoms with van der Waals surface area (Å²) in [7, 11) is 1.35. The number of ketones is 1. The predicted molar refractivity (Wildman–Crippen MR) is 138 cm³/mol. The predicted octanol–water partition coefficient (Wildman–Crippen LogP) is 6.08. The molecule has 1 aliphatic carbocycles. The maximum Gasteiger partial charge on any atom is 0.336 e. The van der Waals surface area contributed by atoms with Crippen molar-refractivity contribution >= 4 is 33.4 Å². The molecule has 35 heavy (non-hydrogen) atoms. The third-order valence-electron chi connectivity index (χ3n) is 6.46. The van der Waals surface area contributed by atoms with Gasteiger partial charge in [-0.05, 0) is 53.0 Å². The Morgan fingerprint density at radius 2 is 1.71 bits per heavy atom. The summed E-state index contributed by atoms with van der Waals surface area (Å²) in [4.78, 5) is 26.4. The number of carbonyl (C=O) groups excluding carboxylic acids is 2. The second kappa shape index (κ2) is 9.19. The third kappa shape index (κ3) is 4.08. The Kier molecular flexibility index (Phi) is 6.07. The number of carbonyl (C=O) groups is 2. The Labute approximate surface area is 212 Å². The van der Waals surface area contributed by atoms with Gasteiger partial charge < -0.3 is 14.8 Å². The van der Waals surface area contributed by atoms with Gasteiger partial charge >= 0.3 is 5.97 Å². The molecule has 3 aromatic rings. The van der Waals surface area contributed by atoms with Crippen LogP contribution in [0.3, 0.4) is 0 Å². The average molecular weight is 530 g/mol. The van der Waals surface area contributed by atoms with E-state index in [9.17, 15) is 9.59 Å².